The molecule has 1 atom stereocenters. The van der Waals surface area contributed by atoms with Crippen molar-refractivity contribution in [2.45, 2.75) is 31.6 Å². The maximum atomic E-state index is 13.3. The largest absolute Gasteiger partial charge is 0.325 e. The number of aromatic nitrogens is 2. The monoisotopic (exact) mass is 430 g/mol. The summed E-state index contributed by atoms with van der Waals surface area (Å²) in [6, 6.07) is 10.8. The average Bonchev–Trinajstić information content (AvgIpc) is 3.19. The number of nitrogens with zero attached hydrogens (tertiary/aromatic N) is 3. The van der Waals surface area contributed by atoms with Crippen LogP contribution >= 0.6 is 11.7 Å². The van der Waals surface area contributed by atoms with Crippen molar-refractivity contribution in [3.8, 4) is 0 Å². The fourth-order valence-electron chi connectivity index (χ4n) is 3.74. The zero-order chi connectivity index (χ0) is 20.6. The van der Waals surface area contributed by atoms with E-state index in [-0.39, 0.29) is 17.3 Å². The third kappa shape index (κ3) is 3.77. The van der Waals surface area contributed by atoms with Gasteiger partial charge in [0, 0.05) is 18.8 Å². The van der Waals surface area contributed by atoms with Crippen LogP contribution in [0.15, 0.2) is 41.3 Å². The summed E-state index contributed by atoms with van der Waals surface area (Å²) in [5.41, 5.74) is 3.73. The highest BCUT2D eigenvalue weighted by atomic mass is 32.2. The van der Waals surface area contributed by atoms with E-state index in [4.69, 9.17) is 0 Å². The molecule has 0 radical (unpaired) electrons. The summed E-state index contributed by atoms with van der Waals surface area (Å²) >= 11 is 0.992. The predicted octanol–water partition coefficient (Wildman–Crippen LogP) is 3.35. The van der Waals surface area contributed by atoms with E-state index in [2.05, 4.69) is 14.1 Å². The Bertz CT molecular complexity index is 1150. The van der Waals surface area contributed by atoms with Crippen molar-refractivity contribution in [2.75, 3.05) is 18.4 Å². The second-order valence-corrected chi connectivity index (χ2v) is 9.78. The van der Waals surface area contributed by atoms with E-state index in [1.54, 1.807) is 18.2 Å². The molecule has 1 N–H and O–H groups in total. The smallest absolute Gasteiger partial charge is 0.245 e. The molecule has 152 valence electrons. The Morgan fingerprint density at radius 2 is 1.86 bits per heavy atom. The highest BCUT2D eigenvalue weighted by molar-refractivity contribution is 7.89. The highest BCUT2D eigenvalue weighted by Gasteiger charge is 2.34. The molecule has 1 amide bonds. The van der Waals surface area contributed by atoms with Gasteiger partial charge in [0.2, 0.25) is 15.9 Å². The zero-order valence-electron chi connectivity index (χ0n) is 16.3. The number of sulfonamides is 1. The molecule has 29 heavy (non-hydrogen) atoms. The number of para-hydroxylation sites is 1. The van der Waals surface area contributed by atoms with Crippen molar-refractivity contribution in [2.24, 2.45) is 5.92 Å². The van der Waals surface area contributed by atoms with Gasteiger partial charge in [0.1, 0.15) is 15.9 Å². The van der Waals surface area contributed by atoms with Gasteiger partial charge in [0.05, 0.1) is 17.6 Å². The number of hydrogen-bond donors (Lipinski definition) is 1. The van der Waals surface area contributed by atoms with Gasteiger partial charge in [-0.15, -0.1) is 0 Å². The standard InChI is InChI=1S/C20H22N4O3S2/c1-13-6-3-7-14(2)18(13)21-20(25)15-8-5-11-24(12-15)29(26,27)17-10-4-9-16-19(17)23-28-22-16/h3-4,6-7,9-10,15H,5,8,11-12H2,1-2H3,(H,21,25)/t15-/m0/s1. The van der Waals surface area contributed by atoms with Crippen molar-refractivity contribution >= 4 is 44.4 Å². The van der Waals surface area contributed by atoms with Gasteiger partial charge in [0.25, 0.3) is 0 Å². The van der Waals surface area contributed by atoms with Gasteiger partial charge < -0.3 is 5.32 Å². The number of benzene rings is 2. The Labute approximate surface area is 174 Å². The summed E-state index contributed by atoms with van der Waals surface area (Å²) in [4.78, 5) is 13.1. The van der Waals surface area contributed by atoms with Crippen LogP contribution in [0.25, 0.3) is 11.0 Å². The molecule has 2 aromatic carbocycles. The van der Waals surface area contributed by atoms with E-state index in [9.17, 15) is 13.2 Å². The molecule has 0 saturated carbocycles. The molecular formula is C20H22N4O3S2. The van der Waals surface area contributed by atoms with Gasteiger partial charge in [-0.2, -0.15) is 13.1 Å². The van der Waals surface area contributed by atoms with Crippen molar-refractivity contribution < 1.29 is 13.2 Å². The highest BCUT2D eigenvalue weighted by Crippen LogP contribution is 2.29. The fourth-order valence-corrected chi connectivity index (χ4v) is 6.02. The fraction of sp³-hybridized carbons (Fsp3) is 0.350. The Kier molecular flexibility index (Phi) is 5.37. The summed E-state index contributed by atoms with van der Waals surface area (Å²) < 4.78 is 36.2. The summed E-state index contributed by atoms with van der Waals surface area (Å²) in [6.07, 6.45) is 1.29. The van der Waals surface area contributed by atoms with E-state index < -0.39 is 15.9 Å². The Balaban J connectivity index is 1.56. The predicted molar refractivity (Wildman–Crippen MR) is 113 cm³/mol. The van der Waals surface area contributed by atoms with Crippen LogP contribution in [0.3, 0.4) is 0 Å². The lowest BCUT2D eigenvalue weighted by molar-refractivity contribution is -0.120. The topological polar surface area (TPSA) is 92.3 Å². The Hall–Kier alpha value is -2.36. The number of aryl methyl sites for hydroxylation is 2. The number of carbonyl (C=O) groups excluding carboxylic acids is 1. The van der Waals surface area contributed by atoms with Crippen LogP contribution in [0.2, 0.25) is 0 Å². The average molecular weight is 431 g/mol. The number of rotatable bonds is 4. The third-order valence-electron chi connectivity index (χ3n) is 5.35. The summed E-state index contributed by atoms with van der Waals surface area (Å²) in [7, 11) is -3.76. The SMILES string of the molecule is Cc1cccc(C)c1NC(=O)[C@H]1CCCN(S(=O)(=O)c2cccc3nsnc23)C1. The van der Waals surface area contributed by atoms with Gasteiger partial charge in [-0.1, -0.05) is 24.3 Å². The molecule has 7 nitrogen and oxygen atoms in total. The Morgan fingerprint density at radius 1 is 1.14 bits per heavy atom. The number of anilines is 1. The molecule has 0 unspecified atom stereocenters. The summed E-state index contributed by atoms with van der Waals surface area (Å²) in [5, 5.41) is 3.00. The van der Waals surface area contributed by atoms with E-state index in [0.29, 0.717) is 30.4 Å². The van der Waals surface area contributed by atoms with E-state index in [0.717, 1.165) is 28.5 Å². The quantitative estimate of drug-likeness (QED) is 0.685. The number of carbonyl (C=O) groups is 1. The normalized spacial score (nSPS) is 18.1. The van der Waals surface area contributed by atoms with E-state index >= 15 is 0 Å². The molecular weight excluding hydrogens is 408 g/mol. The summed E-state index contributed by atoms with van der Waals surface area (Å²) in [5.74, 6) is -0.541. The van der Waals surface area contributed by atoms with Crippen molar-refractivity contribution in [3.05, 3.63) is 47.5 Å². The van der Waals surface area contributed by atoms with Crippen LogP contribution in [0.4, 0.5) is 5.69 Å². The van der Waals surface area contributed by atoms with Crippen LogP contribution in [-0.2, 0) is 14.8 Å². The minimum Gasteiger partial charge on any atom is -0.325 e. The van der Waals surface area contributed by atoms with Crippen LogP contribution in [0.5, 0.6) is 0 Å². The molecule has 0 bridgehead atoms. The lowest BCUT2D eigenvalue weighted by Gasteiger charge is -2.31. The van der Waals surface area contributed by atoms with Gasteiger partial charge in [-0.25, -0.2) is 8.42 Å². The maximum absolute atomic E-state index is 13.3. The summed E-state index contributed by atoms with van der Waals surface area (Å²) in [6.45, 7) is 4.45. The minimum atomic E-state index is -3.76. The number of hydrogen-bond acceptors (Lipinski definition) is 6. The molecule has 2 heterocycles. The molecule has 1 fully saturated rings. The van der Waals surface area contributed by atoms with Crippen LogP contribution in [0, 0.1) is 19.8 Å². The molecule has 1 aliphatic heterocycles. The second-order valence-electron chi connectivity index (χ2n) is 7.35. The number of nitrogens with one attached hydrogen (secondary N) is 1. The van der Waals surface area contributed by atoms with E-state index in [1.807, 2.05) is 32.0 Å². The molecule has 0 aliphatic carbocycles. The zero-order valence-corrected chi connectivity index (χ0v) is 17.9. The molecule has 1 aliphatic rings. The number of amides is 1. The first kappa shape index (κ1) is 19.9. The number of fused-ring (bicyclic) bond motifs is 1. The van der Waals surface area contributed by atoms with Crippen LogP contribution in [-0.4, -0.2) is 40.5 Å². The van der Waals surface area contributed by atoms with Gasteiger partial charge in [-0.3, -0.25) is 4.79 Å². The van der Waals surface area contributed by atoms with Crippen molar-refractivity contribution in [1.82, 2.24) is 13.1 Å². The molecule has 3 aromatic rings. The molecule has 1 aromatic heterocycles. The van der Waals surface area contributed by atoms with Crippen LogP contribution in [0.1, 0.15) is 24.0 Å². The maximum Gasteiger partial charge on any atom is 0.245 e. The van der Waals surface area contributed by atoms with Crippen molar-refractivity contribution in [1.29, 1.82) is 0 Å². The molecule has 9 heteroatoms. The molecule has 4 rings (SSSR count). The third-order valence-corrected chi connectivity index (χ3v) is 7.79. The molecule has 1 saturated heterocycles. The van der Waals surface area contributed by atoms with Crippen molar-refractivity contribution in [3.63, 3.8) is 0 Å². The van der Waals surface area contributed by atoms with Gasteiger partial charge >= 0.3 is 0 Å². The minimum absolute atomic E-state index is 0.143. The molecule has 0 spiro atoms. The lowest BCUT2D eigenvalue weighted by Crippen LogP contribution is -2.43. The van der Waals surface area contributed by atoms with Gasteiger partial charge in [-0.05, 0) is 49.9 Å². The second kappa shape index (κ2) is 7.81. The van der Waals surface area contributed by atoms with Gasteiger partial charge in [0.15, 0.2) is 0 Å². The lowest BCUT2D eigenvalue weighted by atomic mass is 9.98. The first-order valence-electron chi connectivity index (χ1n) is 9.46. The van der Waals surface area contributed by atoms with Crippen LogP contribution < -0.4 is 5.32 Å². The first-order valence-corrected chi connectivity index (χ1v) is 11.6. The first-order chi connectivity index (χ1) is 13.9. The Morgan fingerprint density at radius 3 is 2.62 bits per heavy atom. The van der Waals surface area contributed by atoms with E-state index in [1.165, 1.54) is 4.31 Å². The number of piperidine rings is 1.